The third kappa shape index (κ3) is 3.77. The van der Waals surface area contributed by atoms with Crippen LogP contribution in [-0.4, -0.2) is 36.5 Å². The van der Waals surface area contributed by atoms with Crippen molar-refractivity contribution < 1.29 is 4.79 Å². The molecule has 1 aliphatic rings. The van der Waals surface area contributed by atoms with Crippen LogP contribution in [0, 0.1) is 0 Å². The van der Waals surface area contributed by atoms with Crippen molar-refractivity contribution in [2.75, 3.05) is 19.6 Å². The van der Waals surface area contributed by atoms with Gasteiger partial charge < -0.3 is 10.2 Å². The lowest BCUT2D eigenvalue weighted by Gasteiger charge is -2.20. The fourth-order valence-corrected chi connectivity index (χ4v) is 1.78. The van der Waals surface area contributed by atoms with Crippen LogP contribution in [0.2, 0.25) is 0 Å². The summed E-state index contributed by atoms with van der Waals surface area (Å²) in [6.07, 6.45) is 3.22. The van der Waals surface area contributed by atoms with Gasteiger partial charge in [-0.1, -0.05) is 6.92 Å². The predicted molar refractivity (Wildman–Crippen MR) is 53.6 cm³/mol. The first kappa shape index (κ1) is 10.5. The summed E-state index contributed by atoms with van der Waals surface area (Å²) in [5.74, 6) is 0.159. The van der Waals surface area contributed by atoms with E-state index in [1.165, 1.54) is 25.9 Å². The van der Waals surface area contributed by atoms with Gasteiger partial charge in [-0.05, 0) is 32.9 Å². The van der Waals surface area contributed by atoms with E-state index in [2.05, 4.69) is 17.1 Å². The summed E-state index contributed by atoms with van der Waals surface area (Å²) in [5, 5.41) is 2.98. The second-order valence-electron chi connectivity index (χ2n) is 3.83. The zero-order valence-electron chi connectivity index (χ0n) is 8.68. The Bertz CT molecular complexity index is 164. The minimum absolute atomic E-state index is 0.159. The first-order valence-electron chi connectivity index (χ1n) is 5.24. The topological polar surface area (TPSA) is 32.3 Å². The fourth-order valence-electron chi connectivity index (χ4n) is 1.78. The van der Waals surface area contributed by atoms with E-state index in [0.717, 1.165) is 6.54 Å². The van der Waals surface area contributed by atoms with Gasteiger partial charge in [0, 0.05) is 19.0 Å². The van der Waals surface area contributed by atoms with Gasteiger partial charge in [0.15, 0.2) is 0 Å². The zero-order valence-corrected chi connectivity index (χ0v) is 8.68. The highest BCUT2D eigenvalue weighted by molar-refractivity contribution is 5.75. The van der Waals surface area contributed by atoms with Crippen LogP contribution in [0.4, 0.5) is 0 Å². The predicted octanol–water partition coefficient (Wildman–Crippen LogP) is 0.997. The quantitative estimate of drug-likeness (QED) is 0.707. The van der Waals surface area contributed by atoms with Crippen molar-refractivity contribution in [2.24, 2.45) is 0 Å². The average molecular weight is 184 g/mol. The van der Waals surface area contributed by atoms with E-state index in [1.54, 1.807) is 0 Å². The highest BCUT2D eigenvalue weighted by atomic mass is 16.1. The summed E-state index contributed by atoms with van der Waals surface area (Å²) < 4.78 is 0. The van der Waals surface area contributed by atoms with Gasteiger partial charge in [0.25, 0.3) is 0 Å². The molecule has 1 rings (SSSR count). The molecule has 0 saturated carbocycles. The maximum atomic E-state index is 11.1. The Morgan fingerprint density at radius 1 is 1.46 bits per heavy atom. The van der Waals surface area contributed by atoms with E-state index >= 15 is 0 Å². The molecule has 0 bridgehead atoms. The van der Waals surface area contributed by atoms with Crippen LogP contribution in [0.5, 0.6) is 0 Å². The van der Waals surface area contributed by atoms with E-state index in [4.69, 9.17) is 0 Å². The Kier molecular flexibility index (Phi) is 4.22. The number of carbonyl (C=O) groups excluding carboxylic acids is 1. The second kappa shape index (κ2) is 5.22. The molecule has 0 radical (unpaired) electrons. The van der Waals surface area contributed by atoms with Gasteiger partial charge in [0.2, 0.25) is 5.91 Å². The molecule has 1 fully saturated rings. The fraction of sp³-hybridized carbons (Fsp3) is 0.900. The molecule has 13 heavy (non-hydrogen) atoms. The summed E-state index contributed by atoms with van der Waals surface area (Å²) >= 11 is 0. The molecule has 76 valence electrons. The minimum atomic E-state index is 0.159. The minimum Gasteiger partial charge on any atom is -0.352 e. The van der Waals surface area contributed by atoms with E-state index in [9.17, 15) is 4.79 Å². The molecule has 1 aliphatic heterocycles. The number of rotatable bonds is 4. The van der Waals surface area contributed by atoms with Crippen molar-refractivity contribution in [3.8, 4) is 0 Å². The van der Waals surface area contributed by atoms with Crippen LogP contribution in [-0.2, 0) is 4.79 Å². The van der Waals surface area contributed by atoms with Gasteiger partial charge in [-0.2, -0.15) is 0 Å². The van der Waals surface area contributed by atoms with Crippen molar-refractivity contribution in [2.45, 2.75) is 39.2 Å². The molecule has 0 aromatic rings. The van der Waals surface area contributed by atoms with Crippen molar-refractivity contribution in [3.63, 3.8) is 0 Å². The lowest BCUT2D eigenvalue weighted by Crippen LogP contribution is -2.40. The Balaban J connectivity index is 2.16. The van der Waals surface area contributed by atoms with Crippen molar-refractivity contribution >= 4 is 5.91 Å². The average Bonchev–Trinajstić information content (AvgIpc) is 2.56. The standard InChI is InChI=1S/C10H20N2O/c1-3-10(13)11-9(2)8-12-6-4-5-7-12/h9H,3-8H2,1-2H3,(H,11,13). The molecule has 1 N–H and O–H groups in total. The van der Waals surface area contributed by atoms with E-state index in [-0.39, 0.29) is 5.91 Å². The normalized spacial score (nSPS) is 20.2. The van der Waals surface area contributed by atoms with Gasteiger partial charge in [-0.3, -0.25) is 4.79 Å². The summed E-state index contributed by atoms with van der Waals surface area (Å²) in [7, 11) is 0. The van der Waals surface area contributed by atoms with Crippen LogP contribution in [0.1, 0.15) is 33.1 Å². The van der Waals surface area contributed by atoms with Gasteiger partial charge >= 0.3 is 0 Å². The number of amides is 1. The molecule has 0 spiro atoms. The van der Waals surface area contributed by atoms with Crippen LogP contribution < -0.4 is 5.32 Å². The van der Waals surface area contributed by atoms with Crippen LogP contribution in [0.3, 0.4) is 0 Å². The molecule has 1 saturated heterocycles. The molecule has 1 heterocycles. The SMILES string of the molecule is CCC(=O)NC(C)CN1CCCC1. The monoisotopic (exact) mass is 184 g/mol. The number of likely N-dealkylation sites (tertiary alicyclic amines) is 1. The summed E-state index contributed by atoms with van der Waals surface area (Å²) in [6, 6.07) is 0.297. The maximum absolute atomic E-state index is 11.1. The number of hydrogen-bond acceptors (Lipinski definition) is 2. The van der Waals surface area contributed by atoms with Gasteiger partial charge in [-0.25, -0.2) is 0 Å². The summed E-state index contributed by atoms with van der Waals surface area (Å²) in [6.45, 7) is 7.37. The third-order valence-electron chi connectivity index (χ3n) is 2.46. The second-order valence-corrected chi connectivity index (χ2v) is 3.83. The number of hydrogen-bond donors (Lipinski definition) is 1. The summed E-state index contributed by atoms with van der Waals surface area (Å²) in [5.41, 5.74) is 0. The molecule has 0 aliphatic carbocycles. The molecular formula is C10H20N2O. The van der Waals surface area contributed by atoms with Gasteiger partial charge in [-0.15, -0.1) is 0 Å². The van der Waals surface area contributed by atoms with Crippen molar-refractivity contribution in [3.05, 3.63) is 0 Å². The van der Waals surface area contributed by atoms with Crippen molar-refractivity contribution in [1.82, 2.24) is 10.2 Å². The largest absolute Gasteiger partial charge is 0.352 e. The lowest BCUT2D eigenvalue weighted by atomic mass is 10.3. The Morgan fingerprint density at radius 2 is 2.08 bits per heavy atom. The zero-order chi connectivity index (χ0) is 9.68. The first-order valence-corrected chi connectivity index (χ1v) is 5.24. The molecular weight excluding hydrogens is 164 g/mol. The van der Waals surface area contributed by atoms with Gasteiger partial charge in [0.1, 0.15) is 0 Å². The summed E-state index contributed by atoms with van der Waals surface area (Å²) in [4.78, 5) is 13.5. The van der Waals surface area contributed by atoms with E-state index in [1.807, 2.05) is 6.92 Å². The molecule has 0 aromatic heterocycles. The van der Waals surface area contributed by atoms with Crippen LogP contribution in [0.15, 0.2) is 0 Å². The van der Waals surface area contributed by atoms with Crippen LogP contribution >= 0.6 is 0 Å². The third-order valence-corrected chi connectivity index (χ3v) is 2.46. The Morgan fingerprint density at radius 3 is 2.62 bits per heavy atom. The van der Waals surface area contributed by atoms with Gasteiger partial charge in [0.05, 0.1) is 0 Å². The smallest absolute Gasteiger partial charge is 0.219 e. The number of carbonyl (C=O) groups is 1. The van der Waals surface area contributed by atoms with Crippen molar-refractivity contribution in [1.29, 1.82) is 0 Å². The number of nitrogens with zero attached hydrogens (tertiary/aromatic N) is 1. The highest BCUT2D eigenvalue weighted by Crippen LogP contribution is 2.07. The molecule has 1 atom stereocenters. The maximum Gasteiger partial charge on any atom is 0.219 e. The first-order chi connectivity index (χ1) is 6.22. The van der Waals surface area contributed by atoms with E-state index < -0.39 is 0 Å². The molecule has 1 unspecified atom stereocenters. The van der Waals surface area contributed by atoms with E-state index in [0.29, 0.717) is 12.5 Å². The highest BCUT2D eigenvalue weighted by Gasteiger charge is 2.14. The molecule has 3 nitrogen and oxygen atoms in total. The molecule has 1 amide bonds. The number of nitrogens with one attached hydrogen (secondary N) is 1. The molecule has 3 heteroatoms. The Hall–Kier alpha value is -0.570. The molecule has 0 aromatic carbocycles. The van der Waals surface area contributed by atoms with Crippen LogP contribution in [0.25, 0.3) is 0 Å². The Labute approximate surface area is 80.5 Å². The lowest BCUT2D eigenvalue weighted by molar-refractivity contribution is -0.121.